The van der Waals surface area contributed by atoms with E-state index in [0.717, 1.165) is 15.7 Å². The summed E-state index contributed by atoms with van der Waals surface area (Å²) in [5.74, 6) is -1.24. The van der Waals surface area contributed by atoms with Gasteiger partial charge in [-0.1, -0.05) is 15.9 Å². The molecule has 0 fully saturated rings. The van der Waals surface area contributed by atoms with E-state index in [2.05, 4.69) is 26.2 Å². The Labute approximate surface area is 122 Å². The summed E-state index contributed by atoms with van der Waals surface area (Å²) in [6.45, 7) is 0. The molecule has 6 heteroatoms. The van der Waals surface area contributed by atoms with Crippen LogP contribution in [0.4, 0.5) is 5.69 Å². The largest absolute Gasteiger partial charge is 0.477 e. The van der Waals surface area contributed by atoms with Crippen LogP contribution in [0.2, 0.25) is 0 Å². The molecule has 0 radical (unpaired) electrons. The number of hydrogen-bond donors (Lipinski definition) is 3. The maximum atomic E-state index is 12.0. The zero-order valence-electron chi connectivity index (χ0n) is 10.1. The summed E-state index contributed by atoms with van der Waals surface area (Å²) in [6, 6.07) is 8.60. The van der Waals surface area contributed by atoms with Crippen molar-refractivity contribution in [3.8, 4) is 0 Å². The van der Waals surface area contributed by atoms with Crippen molar-refractivity contribution >= 4 is 45.1 Å². The molecular weight excluding hydrogens is 324 g/mol. The van der Waals surface area contributed by atoms with Gasteiger partial charge in [-0.05, 0) is 36.4 Å². The first-order valence-corrected chi connectivity index (χ1v) is 6.59. The molecule has 100 valence electrons. The van der Waals surface area contributed by atoms with Crippen LogP contribution in [0.25, 0.3) is 11.6 Å². The predicted octanol–water partition coefficient (Wildman–Crippen LogP) is 2.97. The minimum Gasteiger partial charge on any atom is -0.477 e. The Hall–Kier alpha value is -2.34. The molecule has 1 aliphatic rings. The highest BCUT2D eigenvalue weighted by Gasteiger charge is 2.24. The normalized spacial score (nSPS) is 15.2. The number of fused-ring (bicyclic) bond motifs is 1. The Kier molecular flexibility index (Phi) is 2.94. The number of amides is 1. The number of nitrogens with one attached hydrogen (secondary N) is 2. The summed E-state index contributed by atoms with van der Waals surface area (Å²) in [6.07, 6.45) is 1.64. The molecule has 1 amide bonds. The van der Waals surface area contributed by atoms with Gasteiger partial charge in [0.05, 0.1) is 5.57 Å². The van der Waals surface area contributed by atoms with Crippen molar-refractivity contribution in [2.24, 2.45) is 0 Å². The van der Waals surface area contributed by atoms with Crippen molar-refractivity contribution in [2.75, 3.05) is 5.32 Å². The van der Waals surface area contributed by atoms with Gasteiger partial charge in [-0.2, -0.15) is 0 Å². The lowest BCUT2D eigenvalue weighted by atomic mass is 10.1. The van der Waals surface area contributed by atoms with Crippen molar-refractivity contribution < 1.29 is 14.7 Å². The highest BCUT2D eigenvalue weighted by molar-refractivity contribution is 9.10. The van der Waals surface area contributed by atoms with Crippen molar-refractivity contribution in [1.82, 2.24) is 4.98 Å². The first-order valence-electron chi connectivity index (χ1n) is 5.80. The van der Waals surface area contributed by atoms with Gasteiger partial charge in [0.2, 0.25) is 0 Å². The number of carboxylic acids is 1. The molecule has 1 aromatic heterocycles. The van der Waals surface area contributed by atoms with Crippen LogP contribution >= 0.6 is 15.9 Å². The van der Waals surface area contributed by atoms with Crippen molar-refractivity contribution in [3.63, 3.8) is 0 Å². The number of aromatic nitrogens is 1. The fourth-order valence-corrected chi connectivity index (χ4v) is 2.44. The summed E-state index contributed by atoms with van der Waals surface area (Å²) in [4.78, 5) is 25.5. The van der Waals surface area contributed by atoms with Crippen LogP contribution in [0.5, 0.6) is 0 Å². The smallest absolute Gasteiger partial charge is 0.352 e. The molecule has 0 spiro atoms. The van der Waals surface area contributed by atoms with Gasteiger partial charge < -0.3 is 15.4 Å². The van der Waals surface area contributed by atoms with E-state index in [1.165, 1.54) is 6.07 Å². The predicted molar refractivity (Wildman–Crippen MR) is 78.4 cm³/mol. The summed E-state index contributed by atoms with van der Waals surface area (Å²) in [7, 11) is 0. The molecule has 1 aromatic carbocycles. The third kappa shape index (κ3) is 2.14. The number of halogens is 1. The molecule has 3 rings (SSSR count). The first kappa shape index (κ1) is 12.7. The molecule has 0 unspecified atom stereocenters. The number of carboxylic acid groups (broad SMARTS) is 1. The number of benzene rings is 1. The van der Waals surface area contributed by atoms with Crippen LogP contribution in [0.1, 0.15) is 21.7 Å². The van der Waals surface area contributed by atoms with Crippen LogP contribution in [0.3, 0.4) is 0 Å². The summed E-state index contributed by atoms with van der Waals surface area (Å²) >= 11 is 3.37. The average Bonchev–Trinajstić information content (AvgIpc) is 2.97. The molecule has 1 aliphatic heterocycles. The van der Waals surface area contributed by atoms with E-state index in [1.54, 1.807) is 12.1 Å². The van der Waals surface area contributed by atoms with Crippen molar-refractivity contribution in [1.29, 1.82) is 0 Å². The monoisotopic (exact) mass is 332 g/mol. The number of aromatic amines is 1. The summed E-state index contributed by atoms with van der Waals surface area (Å²) in [5.41, 5.74) is 2.69. The van der Waals surface area contributed by atoms with Gasteiger partial charge in [-0.3, -0.25) is 4.79 Å². The average molecular weight is 333 g/mol. The molecule has 5 nitrogen and oxygen atoms in total. The number of aromatic carboxylic acids is 1. The molecule has 0 atom stereocenters. The van der Waals surface area contributed by atoms with E-state index in [9.17, 15) is 9.59 Å². The minimum atomic E-state index is -1.03. The van der Waals surface area contributed by atoms with Crippen LogP contribution in [-0.2, 0) is 4.79 Å². The molecule has 2 aromatic rings. The lowest BCUT2D eigenvalue weighted by molar-refractivity contribution is -0.110. The highest BCUT2D eigenvalue weighted by atomic mass is 79.9. The maximum Gasteiger partial charge on any atom is 0.352 e. The second kappa shape index (κ2) is 4.64. The molecule has 0 aliphatic carbocycles. The van der Waals surface area contributed by atoms with Crippen LogP contribution in [0.15, 0.2) is 34.8 Å². The van der Waals surface area contributed by atoms with Gasteiger partial charge in [0, 0.05) is 21.4 Å². The van der Waals surface area contributed by atoms with Gasteiger partial charge in [0.15, 0.2) is 0 Å². The Morgan fingerprint density at radius 3 is 2.75 bits per heavy atom. The van der Waals surface area contributed by atoms with Crippen LogP contribution < -0.4 is 5.32 Å². The van der Waals surface area contributed by atoms with Crippen molar-refractivity contribution in [3.05, 3.63) is 51.8 Å². The maximum absolute atomic E-state index is 12.0. The van der Waals surface area contributed by atoms with Crippen LogP contribution in [-0.4, -0.2) is 22.0 Å². The first-order chi connectivity index (χ1) is 9.54. The Morgan fingerprint density at radius 1 is 1.25 bits per heavy atom. The standard InChI is InChI=1S/C14H9BrN2O3/c15-7-1-3-11-9(5-7)10(13(18)17-11)6-8-2-4-12(16-8)14(19)20/h1-6,16H,(H,17,18)(H,19,20). The second-order valence-electron chi connectivity index (χ2n) is 4.33. The SMILES string of the molecule is O=C1Nc2ccc(Br)cc2C1=Cc1ccc(C(=O)O)[nH]1. The van der Waals surface area contributed by atoms with E-state index < -0.39 is 5.97 Å². The number of carbonyl (C=O) groups excluding carboxylic acids is 1. The highest BCUT2D eigenvalue weighted by Crippen LogP contribution is 2.34. The zero-order valence-corrected chi connectivity index (χ0v) is 11.7. The van der Waals surface area contributed by atoms with Gasteiger partial charge >= 0.3 is 5.97 Å². The molecule has 2 heterocycles. The number of anilines is 1. The quantitative estimate of drug-likeness (QED) is 0.739. The summed E-state index contributed by atoms with van der Waals surface area (Å²) in [5, 5.41) is 11.6. The molecular formula is C14H9BrN2O3. The topological polar surface area (TPSA) is 82.2 Å². The molecule has 0 saturated heterocycles. The lowest BCUT2D eigenvalue weighted by Gasteiger charge is -1.98. The van der Waals surface area contributed by atoms with E-state index >= 15 is 0 Å². The van der Waals surface area contributed by atoms with Crippen molar-refractivity contribution in [2.45, 2.75) is 0 Å². The molecule has 3 N–H and O–H groups in total. The molecule has 0 saturated carbocycles. The number of hydrogen-bond acceptors (Lipinski definition) is 2. The van der Waals surface area contributed by atoms with Gasteiger partial charge in [0.25, 0.3) is 5.91 Å². The van der Waals surface area contributed by atoms with E-state index in [0.29, 0.717) is 11.3 Å². The number of H-pyrrole nitrogens is 1. The van der Waals surface area contributed by atoms with Gasteiger partial charge in [-0.25, -0.2) is 4.79 Å². The number of carbonyl (C=O) groups is 2. The Balaban J connectivity index is 2.05. The second-order valence-corrected chi connectivity index (χ2v) is 5.25. The third-order valence-electron chi connectivity index (χ3n) is 3.00. The molecule has 20 heavy (non-hydrogen) atoms. The third-order valence-corrected chi connectivity index (χ3v) is 3.50. The fraction of sp³-hybridized carbons (Fsp3) is 0. The fourth-order valence-electron chi connectivity index (χ4n) is 2.08. The Morgan fingerprint density at radius 2 is 2.05 bits per heavy atom. The van der Waals surface area contributed by atoms with E-state index in [1.807, 2.05) is 18.2 Å². The van der Waals surface area contributed by atoms with Gasteiger partial charge in [0.1, 0.15) is 5.69 Å². The Bertz CT molecular complexity index is 762. The lowest BCUT2D eigenvalue weighted by Crippen LogP contribution is -2.03. The minimum absolute atomic E-state index is 0.0877. The summed E-state index contributed by atoms with van der Waals surface area (Å²) < 4.78 is 0.872. The van der Waals surface area contributed by atoms with Crippen LogP contribution in [0, 0.1) is 0 Å². The van der Waals surface area contributed by atoms with E-state index in [-0.39, 0.29) is 11.6 Å². The van der Waals surface area contributed by atoms with Gasteiger partial charge in [-0.15, -0.1) is 0 Å². The zero-order chi connectivity index (χ0) is 14.3. The number of rotatable bonds is 2. The molecule has 0 bridgehead atoms. The van der Waals surface area contributed by atoms with E-state index in [4.69, 9.17) is 5.11 Å².